The summed E-state index contributed by atoms with van der Waals surface area (Å²) < 4.78 is 123. The van der Waals surface area contributed by atoms with Gasteiger partial charge in [0.05, 0.1) is 21.6 Å². The minimum absolute atomic E-state index is 0.221. The van der Waals surface area contributed by atoms with Crippen LogP contribution in [0.3, 0.4) is 0 Å². The number of benzene rings is 2. The molecule has 1 amide bonds. The number of amides is 1. The maximum atomic E-state index is 13.6. The first-order valence-corrected chi connectivity index (χ1v) is 12.3. The first-order valence-electron chi connectivity index (χ1n) is 10.2. The van der Waals surface area contributed by atoms with Gasteiger partial charge in [0.1, 0.15) is 5.82 Å². The highest BCUT2D eigenvalue weighted by Gasteiger charge is 2.46. The highest BCUT2D eigenvalue weighted by Crippen LogP contribution is 2.35. The third-order valence-corrected chi connectivity index (χ3v) is 7.69. The van der Waals surface area contributed by atoms with E-state index in [2.05, 4.69) is 4.74 Å². The van der Waals surface area contributed by atoms with Crippen molar-refractivity contribution < 1.29 is 48.7 Å². The van der Waals surface area contributed by atoms with Gasteiger partial charge in [0.15, 0.2) is 9.84 Å². The Balaban J connectivity index is 1.75. The second kappa shape index (κ2) is 10.4. The number of nitrogens with zero attached hydrogens (tertiary/aromatic N) is 1. The average Bonchev–Trinajstić information content (AvgIpc) is 2.75. The molecule has 1 aliphatic heterocycles. The van der Waals surface area contributed by atoms with Gasteiger partial charge < -0.3 is 4.74 Å². The molecule has 15 heteroatoms. The molecule has 198 valence electrons. The van der Waals surface area contributed by atoms with Crippen molar-refractivity contribution in [2.45, 2.75) is 23.7 Å². The Morgan fingerprint density at radius 2 is 1.83 bits per heavy atom. The molecule has 36 heavy (non-hydrogen) atoms. The molecule has 2 aromatic carbocycles. The van der Waals surface area contributed by atoms with Crippen molar-refractivity contribution in [2.75, 3.05) is 30.7 Å². The van der Waals surface area contributed by atoms with Crippen LogP contribution in [0.5, 0.6) is 0 Å². The molecule has 3 rings (SSSR count). The number of carbonyl (C=O) groups excluding carboxylic acids is 1. The van der Waals surface area contributed by atoms with E-state index < -0.39 is 69.9 Å². The van der Waals surface area contributed by atoms with Crippen molar-refractivity contribution in [1.29, 1.82) is 0 Å². The largest absolute Gasteiger partial charge is 0.435 e. The monoisotopic (exact) mass is 562 g/mol. The van der Waals surface area contributed by atoms with Crippen LogP contribution in [-0.2, 0) is 20.8 Å². The van der Waals surface area contributed by atoms with Crippen molar-refractivity contribution in [1.82, 2.24) is 4.90 Å². The van der Waals surface area contributed by atoms with E-state index >= 15 is 0 Å². The van der Waals surface area contributed by atoms with Crippen LogP contribution in [0.15, 0.2) is 42.5 Å². The van der Waals surface area contributed by atoms with Crippen LogP contribution in [0, 0.1) is 5.82 Å². The van der Waals surface area contributed by atoms with Gasteiger partial charge in [0.25, 0.3) is 0 Å². The fraction of sp³-hybridized carbons (Fsp3) is 0.381. The zero-order chi connectivity index (χ0) is 26.9. The van der Waals surface area contributed by atoms with Gasteiger partial charge in [-0.1, -0.05) is 29.8 Å². The highest BCUT2D eigenvalue weighted by atomic mass is 35.5. The lowest BCUT2D eigenvalue weighted by molar-refractivity contribution is -0.206. The van der Waals surface area contributed by atoms with E-state index in [1.54, 1.807) is 0 Å². The van der Waals surface area contributed by atoms with Gasteiger partial charge in [-0.3, -0.25) is 10.2 Å². The lowest BCUT2D eigenvalue weighted by atomic mass is 10.1. The molecule has 6 nitrogen and oxygen atoms in total. The first-order chi connectivity index (χ1) is 16.6. The van der Waals surface area contributed by atoms with Crippen LogP contribution < -0.4 is 5.32 Å². The number of anilines is 1. The Hall–Kier alpha value is -2.58. The number of ether oxygens (including phenoxy) is 1. The topological polar surface area (TPSA) is 75.7 Å². The molecule has 0 saturated carbocycles. The van der Waals surface area contributed by atoms with E-state index in [1.807, 2.05) is 5.32 Å². The van der Waals surface area contributed by atoms with Crippen molar-refractivity contribution >= 4 is 33.2 Å². The summed E-state index contributed by atoms with van der Waals surface area (Å²) in [6.07, 6.45) is -14.1. The van der Waals surface area contributed by atoms with Crippen molar-refractivity contribution in [2.24, 2.45) is 0 Å². The van der Waals surface area contributed by atoms with E-state index in [4.69, 9.17) is 11.6 Å². The summed E-state index contributed by atoms with van der Waals surface area (Å²) in [4.78, 5) is 13.1. The Kier molecular flexibility index (Phi) is 8.10. The summed E-state index contributed by atoms with van der Waals surface area (Å²) in [5.74, 6) is -1.55. The van der Waals surface area contributed by atoms with Crippen molar-refractivity contribution in [3.8, 4) is 0 Å². The number of hydrogen-bond donors (Lipinski definition) is 1. The van der Waals surface area contributed by atoms with Gasteiger partial charge in [-0.05, 0) is 29.8 Å². The molecular weight excluding hydrogens is 545 g/mol. The summed E-state index contributed by atoms with van der Waals surface area (Å²) >= 11 is 5.51. The van der Waals surface area contributed by atoms with Gasteiger partial charge >= 0.3 is 18.4 Å². The predicted octanol–water partition coefficient (Wildman–Crippen LogP) is 5.45. The van der Waals surface area contributed by atoms with Crippen molar-refractivity contribution in [3.63, 3.8) is 0 Å². The third kappa shape index (κ3) is 7.01. The fourth-order valence-electron chi connectivity index (χ4n) is 3.52. The molecule has 0 aromatic heterocycles. The van der Waals surface area contributed by atoms with Crippen LogP contribution in [0.1, 0.15) is 16.4 Å². The lowest BCUT2D eigenvalue weighted by Gasteiger charge is -2.35. The first kappa shape index (κ1) is 28.0. The summed E-state index contributed by atoms with van der Waals surface area (Å²) in [5.41, 5.74) is -1.54. The maximum absolute atomic E-state index is 13.6. The molecule has 0 aliphatic carbocycles. The number of carbonyl (C=O) groups is 1. The molecule has 1 aliphatic rings. The third-order valence-electron chi connectivity index (χ3n) is 5.34. The summed E-state index contributed by atoms with van der Waals surface area (Å²) in [7, 11) is -3.97. The molecule has 2 atom stereocenters. The van der Waals surface area contributed by atoms with Gasteiger partial charge in [-0.25, -0.2) is 17.6 Å². The van der Waals surface area contributed by atoms with Crippen LogP contribution in [-0.4, -0.2) is 57.1 Å². The standard InChI is InChI=1S/C21H18ClF7N2O4S/c22-15-5-4-14(9-16(15)23)30-19(32)35-18(21(27,28)29)11-31-6-7-36(33,34)17(10-31)12-2-1-3-13(8-12)20(24,25)26/h1-5,8-9,17-18H,6-7,10-11H2,(H,30,32)/t17-,18+/m1/s1. The summed E-state index contributed by atoms with van der Waals surface area (Å²) in [6, 6.07) is 6.51. The summed E-state index contributed by atoms with van der Waals surface area (Å²) in [5, 5.41) is 0.137. The molecular formula is C21H18ClF7N2O4S. The number of halogens is 8. The van der Waals surface area contributed by atoms with Crippen LogP contribution in [0.25, 0.3) is 0 Å². The number of sulfone groups is 1. The van der Waals surface area contributed by atoms with Gasteiger partial charge in [-0.2, -0.15) is 26.3 Å². The second-order valence-electron chi connectivity index (χ2n) is 7.93. The molecule has 0 radical (unpaired) electrons. The maximum Gasteiger partial charge on any atom is 0.426 e. The highest BCUT2D eigenvalue weighted by molar-refractivity contribution is 7.91. The normalized spacial score (nSPS) is 19.5. The lowest BCUT2D eigenvalue weighted by Crippen LogP contribution is -2.50. The van der Waals surface area contributed by atoms with Gasteiger partial charge in [-0.15, -0.1) is 0 Å². The smallest absolute Gasteiger partial charge is 0.426 e. The quantitative estimate of drug-likeness (QED) is 0.491. The van der Waals surface area contributed by atoms with E-state index in [-0.39, 0.29) is 22.8 Å². The summed E-state index contributed by atoms with van der Waals surface area (Å²) in [6.45, 7) is -1.89. The number of rotatable bonds is 5. The Morgan fingerprint density at radius 1 is 1.14 bits per heavy atom. The SMILES string of the molecule is O=C(Nc1ccc(Cl)c(F)c1)O[C@@H](CN1CCS(=O)(=O)[C@@H](c2cccc(C(F)(F)F)c2)C1)C(F)(F)F. The van der Waals surface area contributed by atoms with Crippen molar-refractivity contribution in [3.05, 3.63) is 64.4 Å². The number of hydrogen-bond acceptors (Lipinski definition) is 5. The van der Waals surface area contributed by atoms with Crippen LogP contribution in [0.2, 0.25) is 5.02 Å². The number of alkyl halides is 6. The molecule has 1 saturated heterocycles. The zero-order valence-corrected chi connectivity index (χ0v) is 19.6. The minimum atomic E-state index is -5.06. The zero-order valence-electron chi connectivity index (χ0n) is 18.0. The molecule has 1 fully saturated rings. The van der Waals surface area contributed by atoms with Crippen LogP contribution >= 0.6 is 11.6 Å². The molecule has 0 unspecified atom stereocenters. The van der Waals surface area contributed by atoms with Gasteiger partial charge in [0.2, 0.25) is 6.10 Å². The molecule has 2 aromatic rings. The number of nitrogens with one attached hydrogen (secondary N) is 1. The Labute approximate surface area is 205 Å². The molecule has 0 bridgehead atoms. The minimum Gasteiger partial charge on any atom is -0.435 e. The second-order valence-corrected chi connectivity index (χ2v) is 10.6. The Morgan fingerprint density at radius 3 is 2.44 bits per heavy atom. The molecule has 0 spiro atoms. The van der Waals surface area contributed by atoms with Gasteiger partial charge in [0, 0.05) is 25.3 Å². The fourth-order valence-corrected chi connectivity index (χ4v) is 5.44. The van der Waals surface area contributed by atoms with Crippen LogP contribution in [0.4, 0.5) is 41.2 Å². The molecule has 1 heterocycles. The predicted molar refractivity (Wildman–Crippen MR) is 116 cm³/mol. The van der Waals surface area contributed by atoms with E-state index in [0.29, 0.717) is 6.07 Å². The van der Waals surface area contributed by atoms with E-state index in [0.717, 1.165) is 41.3 Å². The molecule has 1 N–H and O–H groups in total. The Bertz CT molecular complexity index is 1220. The average molecular weight is 563 g/mol. The van der Waals surface area contributed by atoms with E-state index in [9.17, 15) is 43.9 Å². The van der Waals surface area contributed by atoms with E-state index in [1.165, 1.54) is 0 Å².